The van der Waals surface area contributed by atoms with Crippen molar-refractivity contribution in [2.75, 3.05) is 6.54 Å². The topological polar surface area (TPSA) is 34.2 Å². The number of halogens is 1. The van der Waals surface area contributed by atoms with Gasteiger partial charge >= 0.3 is 0 Å². The van der Waals surface area contributed by atoms with E-state index in [-0.39, 0.29) is 0 Å². The average molecular weight is 335 g/mol. The lowest BCUT2D eigenvalue weighted by Gasteiger charge is -2.14. The highest BCUT2D eigenvalue weighted by molar-refractivity contribution is 9.10. The lowest BCUT2D eigenvalue weighted by atomic mass is 10.1. The van der Waals surface area contributed by atoms with Gasteiger partial charge in [0, 0.05) is 17.8 Å². The minimum absolute atomic E-state index is 0.676. The maximum atomic E-state index is 6.00. The number of rotatable bonds is 5. The quantitative estimate of drug-likeness (QED) is 0.881. The highest BCUT2D eigenvalue weighted by Crippen LogP contribution is 2.31. The van der Waals surface area contributed by atoms with Gasteiger partial charge in [-0.05, 0) is 60.1 Å². The van der Waals surface area contributed by atoms with Gasteiger partial charge in [-0.25, -0.2) is 4.98 Å². The summed E-state index contributed by atoms with van der Waals surface area (Å²) in [6.45, 7) is 7.84. The van der Waals surface area contributed by atoms with Crippen molar-refractivity contribution in [3.63, 3.8) is 0 Å². The number of pyridine rings is 1. The van der Waals surface area contributed by atoms with Crippen LogP contribution in [0.1, 0.15) is 23.7 Å². The fourth-order valence-electron chi connectivity index (χ4n) is 2.01. The van der Waals surface area contributed by atoms with Crippen LogP contribution in [-0.4, -0.2) is 11.5 Å². The molecule has 106 valence electrons. The molecule has 2 rings (SSSR count). The van der Waals surface area contributed by atoms with Crippen molar-refractivity contribution < 1.29 is 4.74 Å². The summed E-state index contributed by atoms with van der Waals surface area (Å²) in [6, 6.07) is 9.89. The number of benzene rings is 1. The van der Waals surface area contributed by atoms with Crippen molar-refractivity contribution in [1.82, 2.24) is 10.3 Å². The van der Waals surface area contributed by atoms with E-state index in [9.17, 15) is 0 Å². The van der Waals surface area contributed by atoms with Gasteiger partial charge in [0.25, 0.3) is 0 Å². The Kier molecular flexibility index (Phi) is 5.15. The van der Waals surface area contributed by atoms with Gasteiger partial charge in [0.15, 0.2) is 0 Å². The summed E-state index contributed by atoms with van der Waals surface area (Å²) in [5, 5.41) is 3.33. The molecule has 2 aromatic rings. The van der Waals surface area contributed by atoms with Crippen molar-refractivity contribution >= 4 is 15.9 Å². The van der Waals surface area contributed by atoms with Gasteiger partial charge < -0.3 is 10.1 Å². The van der Waals surface area contributed by atoms with E-state index >= 15 is 0 Å². The smallest absolute Gasteiger partial charge is 0.224 e. The SMILES string of the molecule is CCNCc1c(C)cc(C)nc1Oc1ccccc1Br. The third-order valence-electron chi connectivity index (χ3n) is 3.03. The predicted molar refractivity (Wildman–Crippen MR) is 85.3 cm³/mol. The van der Waals surface area contributed by atoms with Gasteiger partial charge in [0.05, 0.1) is 4.47 Å². The molecule has 1 N–H and O–H groups in total. The third kappa shape index (κ3) is 3.58. The first-order chi connectivity index (χ1) is 9.61. The Morgan fingerprint density at radius 1 is 1.25 bits per heavy atom. The van der Waals surface area contributed by atoms with E-state index < -0.39 is 0 Å². The molecule has 1 aromatic heterocycles. The second-order valence-electron chi connectivity index (χ2n) is 4.68. The average Bonchev–Trinajstić information content (AvgIpc) is 2.40. The van der Waals surface area contributed by atoms with E-state index in [1.165, 1.54) is 5.56 Å². The lowest BCUT2D eigenvalue weighted by molar-refractivity contribution is 0.448. The van der Waals surface area contributed by atoms with Crippen LogP contribution in [0.15, 0.2) is 34.8 Å². The van der Waals surface area contributed by atoms with E-state index in [0.717, 1.165) is 34.6 Å². The van der Waals surface area contributed by atoms with Gasteiger partial charge in [-0.2, -0.15) is 0 Å². The van der Waals surface area contributed by atoms with Gasteiger partial charge in [-0.1, -0.05) is 19.1 Å². The zero-order chi connectivity index (χ0) is 14.5. The van der Waals surface area contributed by atoms with E-state index in [0.29, 0.717) is 5.88 Å². The molecule has 0 amide bonds. The van der Waals surface area contributed by atoms with E-state index in [1.54, 1.807) is 0 Å². The molecule has 3 nitrogen and oxygen atoms in total. The fraction of sp³-hybridized carbons (Fsp3) is 0.312. The van der Waals surface area contributed by atoms with Crippen LogP contribution in [0.2, 0.25) is 0 Å². The summed E-state index contributed by atoms with van der Waals surface area (Å²) >= 11 is 3.50. The van der Waals surface area contributed by atoms with Crippen molar-refractivity contribution in [2.24, 2.45) is 0 Å². The molecule has 0 saturated carbocycles. The van der Waals surface area contributed by atoms with E-state index in [2.05, 4.69) is 46.1 Å². The fourth-order valence-corrected chi connectivity index (χ4v) is 2.38. The number of hydrogen-bond acceptors (Lipinski definition) is 3. The van der Waals surface area contributed by atoms with Crippen molar-refractivity contribution in [3.05, 3.63) is 51.6 Å². The molecule has 0 saturated heterocycles. The molecule has 0 aliphatic heterocycles. The summed E-state index contributed by atoms with van der Waals surface area (Å²) in [5.41, 5.74) is 3.26. The highest BCUT2D eigenvalue weighted by Gasteiger charge is 2.12. The predicted octanol–water partition coefficient (Wildman–Crippen LogP) is 4.36. The Bertz CT molecular complexity index is 599. The number of ether oxygens (including phenoxy) is 1. The van der Waals surface area contributed by atoms with Crippen LogP contribution < -0.4 is 10.1 Å². The Balaban J connectivity index is 2.37. The number of para-hydroxylation sites is 1. The first-order valence-corrected chi connectivity index (χ1v) is 7.51. The van der Waals surface area contributed by atoms with Crippen molar-refractivity contribution in [3.8, 4) is 11.6 Å². The zero-order valence-electron chi connectivity index (χ0n) is 12.0. The maximum absolute atomic E-state index is 6.00. The second-order valence-corrected chi connectivity index (χ2v) is 5.53. The molecule has 0 radical (unpaired) electrons. The number of nitrogens with zero attached hydrogens (tertiary/aromatic N) is 1. The molecule has 0 fully saturated rings. The Labute approximate surface area is 128 Å². The summed E-state index contributed by atoms with van der Waals surface area (Å²) in [7, 11) is 0. The summed E-state index contributed by atoms with van der Waals surface area (Å²) in [4.78, 5) is 4.54. The molecule has 1 aromatic carbocycles. The Hall–Kier alpha value is -1.39. The normalized spacial score (nSPS) is 10.6. The molecule has 0 unspecified atom stereocenters. The van der Waals surface area contributed by atoms with Crippen molar-refractivity contribution in [1.29, 1.82) is 0 Å². The monoisotopic (exact) mass is 334 g/mol. The summed E-state index contributed by atoms with van der Waals surface area (Å²) < 4.78 is 6.93. The van der Waals surface area contributed by atoms with Crippen LogP contribution in [0.3, 0.4) is 0 Å². The molecule has 0 aliphatic carbocycles. The van der Waals surface area contributed by atoms with E-state index in [4.69, 9.17) is 4.74 Å². The summed E-state index contributed by atoms with van der Waals surface area (Å²) in [5.74, 6) is 1.46. The molecule has 0 aliphatic rings. The number of nitrogens with one attached hydrogen (secondary N) is 1. The minimum atomic E-state index is 0.676. The summed E-state index contributed by atoms with van der Waals surface area (Å²) in [6.07, 6.45) is 0. The van der Waals surface area contributed by atoms with Crippen LogP contribution in [-0.2, 0) is 6.54 Å². The van der Waals surface area contributed by atoms with Crippen molar-refractivity contribution in [2.45, 2.75) is 27.3 Å². The first-order valence-electron chi connectivity index (χ1n) is 6.72. The number of hydrogen-bond donors (Lipinski definition) is 1. The second kappa shape index (κ2) is 6.86. The van der Waals surface area contributed by atoms with Crippen LogP contribution in [0.25, 0.3) is 0 Å². The molecule has 0 atom stereocenters. The molecule has 20 heavy (non-hydrogen) atoms. The molecule has 4 heteroatoms. The van der Waals surface area contributed by atoms with E-state index in [1.807, 2.05) is 31.2 Å². The van der Waals surface area contributed by atoms with Crippen LogP contribution in [0, 0.1) is 13.8 Å². The van der Waals surface area contributed by atoms with Gasteiger partial charge in [0.1, 0.15) is 5.75 Å². The molecule has 1 heterocycles. The maximum Gasteiger partial charge on any atom is 0.224 e. The molecule has 0 spiro atoms. The molecule has 0 bridgehead atoms. The van der Waals surface area contributed by atoms with Crippen LogP contribution in [0.4, 0.5) is 0 Å². The molecular formula is C16H19BrN2O. The van der Waals surface area contributed by atoms with Gasteiger partial charge in [-0.15, -0.1) is 0 Å². The minimum Gasteiger partial charge on any atom is -0.437 e. The van der Waals surface area contributed by atoms with Crippen LogP contribution in [0.5, 0.6) is 11.6 Å². The number of aryl methyl sites for hydroxylation is 2. The largest absolute Gasteiger partial charge is 0.437 e. The molecular weight excluding hydrogens is 316 g/mol. The highest BCUT2D eigenvalue weighted by atomic mass is 79.9. The standard InChI is InChI=1S/C16H19BrN2O/c1-4-18-10-13-11(2)9-12(3)19-16(13)20-15-8-6-5-7-14(15)17/h5-9,18H,4,10H2,1-3H3. The first kappa shape index (κ1) is 15.0. The number of aromatic nitrogens is 1. The Morgan fingerprint density at radius 3 is 2.70 bits per heavy atom. The van der Waals surface area contributed by atoms with Gasteiger partial charge in [0.2, 0.25) is 5.88 Å². The van der Waals surface area contributed by atoms with Crippen LogP contribution >= 0.6 is 15.9 Å². The van der Waals surface area contributed by atoms with Gasteiger partial charge in [-0.3, -0.25) is 0 Å². The Morgan fingerprint density at radius 2 is 2.00 bits per heavy atom. The zero-order valence-corrected chi connectivity index (χ0v) is 13.6. The lowest BCUT2D eigenvalue weighted by Crippen LogP contribution is -2.14. The third-order valence-corrected chi connectivity index (χ3v) is 3.69.